The van der Waals surface area contributed by atoms with E-state index in [0.29, 0.717) is 65.4 Å². The Labute approximate surface area is 244 Å². The zero-order valence-electron chi connectivity index (χ0n) is 23.1. The lowest BCUT2D eigenvalue weighted by molar-refractivity contribution is -0.140. The minimum atomic E-state index is -4.50. The molecule has 0 saturated heterocycles. The molecule has 1 amide bonds. The lowest BCUT2D eigenvalue weighted by Gasteiger charge is -2.36. The predicted molar refractivity (Wildman–Crippen MR) is 151 cm³/mol. The number of carbonyl (C=O) groups is 1. The van der Waals surface area contributed by atoms with E-state index < -0.39 is 11.9 Å². The number of benzene rings is 1. The molecule has 0 bridgehead atoms. The maximum atomic E-state index is 13.4. The second-order valence-electron chi connectivity index (χ2n) is 11.4. The van der Waals surface area contributed by atoms with Crippen molar-refractivity contribution in [1.29, 1.82) is 0 Å². The van der Waals surface area contributed by atoms with Crippen LogP contribution in [0.2, 0.25) is 5.02 Å². The number of fused-ring (bicyclic) bond motifs is 4. The van der Waals surface area contributed by atoms with E-state index in [-0.39, 0.29) is 24.5 Å². The Hall–Kier alpha value is -3.93. The predicted octanol–water partition coefficient (Wildman–Crippen LogP) is 5.92. The van der Waals surface area contributed by atoms with Gasteiger partial charge in [-0.2, -0.15) is 18.3 Å². The van der Waals surface area contributed by atoms with Crippen molar-refractivity contribution in [2.45, 2.75) is 70.9 Å². The summed E-state index contributed by atoms with van der Waals surface area (Å²) in [5.41, 5.74) is 2.96. The summed E-state index contributed by atoms with van der Waals surface area (Å²) in [4.78, 5) is 30.6. The molecule has 3 aliphatic rings. The molecule has 0 spiro atoms. The molecule has 218 valence electrons. The van der Waals surface area contributed by atoms with Crippen LogP contribution in [0.25, 0.3) is 22.9 Å². The van der Waals surface area contributed by atoms with Gasteiger partial charge in [0.15, 0.2) is 17.3 Å². The SMILES string of the molecule is CC(C)n1ncc(Cl)c1-c1ncc2c(n1)N(Cc1ccc3c(c1)CCCn1cc(C(F)(F)F)nc1-3)CC(=O)N2C1CC1. The van der Waals surface area contributed by atoms with Gasteiger partial charge >= 0.3 is 6.18 Å². The molecule has 42 heavy (non-hydrogen) atoms. The van der Waals surface area contributed by atoms with Gasteiger partial charge in [0.2, 0.25) is 5.91 Å². The minimum Gasteiger partial charge on any atom is -0.341 e. The molecule has 1 saturated carbocycles. The fourth-order valence-corrected chi connectivity index (χ4v) is 6.12. The van der Waals surface area contributed by atoms with Crippen molar-refractivity contribution < 1.29 is 18.0 Å². The smallest absolute Gasteiger partial charge is 0.341 e. The van der Waals surface area contributed by atoms with E-state index in [4.69, 9.17) is 16.6 Å². The van der Waals surface area contributed by atoms with Crippen molar-refractivity contribution in [3.8, 4) is 22.9 Å². The molecule has 5 heterocycles. The third-order valence-corrected chi connectivity index (χ3v) is 8.24. The normalized spacial score (nSPS) is 16.9. The van der Waals surface area contributed by atoms with Gasteiger partial charge in [-0.25, -0.2) is 15.0 Å². The summed E-state index contributed by atoms with van der Waals surface area (Å²) in [5, 5.41) is 4.84. The molecule has 0 radical (unpaired) electrons. The summed E-state index contributed by atoms with van der Waals surface area (Å²) in [6.45, 7) is 5.00. The number of hydrogen-bond acceptors (Lipinski definition) is 6. The third kappa shape index (κ3) is 4.61. The molecular weight excluding hydrogens is 569 g/mol. The highest BCUT2D eigenvalue weighted by molar-refractivity contribution is 6.32. The van der Waals surface area contributed by atoms with E-state index in [1.807, 2.05) is 41.8 Å². The highest BCUT2D eigenvalue weighted by atomic mass is 35.5. The zero-order chi connectivity index (χ0) is 29.3. The largest absolute Gasteiger partial charge is 0.434 e. The summed E-state index contributed by atoms with van der Waals surface area (Å²) < 4.78 is 43.5. The van der Waals surface area contributed by atoms with Crippen LogP contribution in [-0.2, 0) is 30.5 Å². The second-order valence-corrected chi connectivity index (χ2v) is 11.8. The van der Waals surface area contributed by atoms with Crippen molar-refractivity contribution >= 4 is 29.0 Å². The van der Waals surface area contributed by atoms with Crippen LogP contribution in [0.15, 0.2) is 36.8 Å². The fraction of sp³-hybridized carbons (Fsp3) is 0.414. The van der Waals surface area contributed by atoms with Gasteiger partial charge in [-0.15, -0.1) is 0 Å². The molecule has 0 N–H and O–H groups in total. The van der Waals surface area contributed by atoms with Crippen molar-refractivity contribution in [3.63, 3.8) is 0 Å². The fourth-order valence-electron chi connectivity index (χ4n) is 5.91. The van der Waals surface area contributed by atoms with Crippen molar-refractivity contribution in [2.24, 2.45) is 0 Å². The maximum absolute atomic E-state index is 13.4. The summed E-state index contributed by atoms with van der Waals surface area (Å²) in [7, 11) is 0. The van der Waals surface area contributed by atoms with Gasteiger partial charge in [-0.1, -0.05) is 29.8 Å². The van der Waals surface area contributed by atoms with Crippen LogP contribution >= 0.6 is 11.6 Å². The van der Waals surface area contributed by atoms with E-state index in [0.717, 1.165) is 30.2 Å². The Bertz CT molecular complexity index is 1710. The van der Waals surface area contributed by atoms with Crippen LogP contribution in [0, 0.1) is 0 Å². The monoisotopic (exact) mass is 596 g/mol. The van der Waals surface area contributed by atoms with Gasteiger partial charge in [0.1, 0.15) is 17.2 Å². The molecule has 1 aromatic carbocycles. The average molecular weight is 597 g/mol. The minimum absolute atomic E-state index is 0.0110. The van der Waals surface area contributed by atoms with Gasteiger partial charge < -0.3 is 14.4 Å². The Balaban J connectivity index is 1.26. The second kappa shape index (κ2) is 9.82. The maximum Gasteiger partial charge on any atom is 0.434 e. The Morgan fingerprint density at radius 2 is 1.95 bits per heavy atom. The number of aromatic nitrogens is 6. The topological polar surface area (TPSA) is 85.0 Å². The van der Waals surface area contributed by atoms with Crippen LogP contribution in [0.3, 0.4) is 0 Å². The molecule has 4 aromatic rings. The van der Waals surface area contributed by atoms with E-state index in [1.54, 1.807) is 21.6 Å². The zero-order valence-corrected chi connectivity index (χ0v) is 23.8. The molecular formula is C29H28ClF3N8O. The van der Waals surface area contributed by atoms with E-state index in [2.05, 4.69) is 15.1 Å². The highest BCUT2D eigenvalue weighted by Gasteiger charge is 2.41. The number of rotatable bonds is 5. The van der Waals surface area contributed by atoms with E-state index >= 15 is 0 Å². The van der Waals surface area contributed by atoms with Gasteiger partial charge in [-0.3, -0.25) is 9.48 Å². The number of hydrogen-bond donors (Lipinski definition) is 0. The first kappa shape index (κ1) is 26.9. The van der Waals surface area contributed by atoms with E-state index in [9.17, 15) is 18.0 Å². The van der Waals surface area contributed by atoms with Crippen LogP contribution in [-0.4, -0.2) is 47.8 Å². The average Bonchev–Trinajstić information content (AvgIpc) is 3.59. The van der Waals surface area contributed by atoms with Gasteiger partial charge in [0.05, 0.1) is 24.0 Å². The van der Waals surface area contributed by atoms with Crippen molar-refractivity contribution in [3.05, 3.63) is 58.6 Å². The number of amides is 1. The molecule has 2 aliphatic heterocycles. The summed E-state index contributed by atoms with van der Waals surface area (Å²) in [6.07, 6.45) is 3.15. The van der Waals surface area contributed by atoms with Crippen molar-refractivity contribution in [1.82, 2.24) is 29.3 Å². The third-order valence-electron chi connectivity index (χ3n) is 7.96. The summed E-state index contributed by atoms with van der Waals surface area (Å²) in [5.74, 6) is 1.38. The molecule has 0 unspecified atom stereocenters. The number of carbonyl (C=O) groups excluding carboxylic acids is 1. The molecule has 13 heteroatoms. The first-order valence-corrected chi connectivity index (χ1v) is 14.4. The number of halogens is 4. The quantitative estimate of drug-likeness (QED) is 0.284. The van der Waals surface area contributed by atoms with Crippen LogP contribution in [0.4, 0.5) is 24.7 Å². The number of imidazole rings is 1. The lowest BCUT2D eigenvalue weighted by Crippen LogP contribution is -2.47. The summed E-state index contributed by atoms with van der Waals surface area (Å²) in [6, 6.07) is 5.92. The van der Waals surface area contributed by atoms with Crippen LogP contribution < -0.4 is 9.80 Å². The van der Waals surface area contributed by atoms with Crippen LogP contribution in [0.5, 0.6) is 0 Å². The number of aryl methyl sites for hydroxylation is 2. The van der Waals surface area contributed by atoms with Gasteiger partial charge in [0, 0.05) is 36.9 Å². The molecule has 3 aromatic heterocycles. The van der Waals surface area contributed by atoms with Crippen molar-refractivity contribution in [2.75, 3.05) is 16.3 Å². The van der Waals surface area contributed by atoms with Gasteiger partial charge in [-0.05, 0) is 50.7 Å². The van der Waals surface area contributed by atoms with Gasteiger partial charge in [0.25, 0.3) is 0 Å². The molecule has 1 aliphatic carbocycles. The first-order valence-electron chi connectivity index (χ1n) is 14.0. The highest BCUT2D eigenvalue weighted by Crippen LogP contribution is 2.42. The lowest BCUT2D eigenvalue weighted by atomic mass is 10.00. The molecule has 7 rings (SSSR count). The van der Waals surface area contributed by atoms with Crippen LogP contribution in [0.1, 0.15) is 56.0 Å². The summed E-state index contributed by atoms with van der Waals surface area (Å²) >= 11 is 6.52. The van der Waals surface area contributed by atoms with E-state index in [1.165, 1.54) is 0 Å². The Kier molecular flexibility index (Phi) is 6.30. The number of nitrogens with zero attached hydrogens (tertiary/aromatic N) is 8. The molecule has 0 atom stereocenters. The molecule has 1 fully saturated rings. The first-order chi connectivity index (χ1) is 20.1. The Morgan fingerprint density at radius 1 is 1.14 bits per heavy atom. The molecule has 9 nitrogen and oxygen atoms in total. The number of anilines is 2. The Morgan fingerprint density at radius 3 is 2.69 bits per heavy atom. The standard InChI is InChI=1S/C29H28ClF3N8O/c1-16(2)41-25(21(30)11-35-41)26-34-12-22-28(37-26)39(15-24(42)40(22)19-6-7-19)13-17-5-8-20-18(10-17)4-3-9-38-14-23(29(31,32)33)36-27(20)38/h5,8,10-12,14,16,19H,3-4,6-7,9,13,15H2,1-2H3. The number of alkyl halides is 3.